The summed E-state index contributed by atoms with van der Waals surface area (Å²) in [6.07, 6.45) is 4.50. The van der Waals surface area contributed by atoms with Crippen molar-refractivity contribution in [1.29, 1.82) is 0 Å². The highest BCUT2D eigenvalue weighted by Gasteiger charge is 1.96. The minimum absolute atomic E-state index is 0.883. The first-order valence-electron chi connectivity index (χ1n) is 5.47. The van der Waals surface area contributed by atoms with E-state index in [0.29, 0.717) is 0 Å². The van der Waals surface area contributed by atoms with Gasteiger partial charge in [0.25, 0.3) is 0 Å². The highest BCUT2D eigenvalue weighted by Crippen LogP contribution is 2.24. The van der Waals surface area contributed by atoms with E-state index in [4.69, 9.17) is 0 Å². The summed E-state index contributed by atoms with van der Waals surface area (Å²) in [7, 11) is 0. The number of nitrogens with zero attached hydrogens (tertiary/aromatic N) is 1. The van der Waals surface area contributed by atoms with E-state index in [1.165, 1.54) is 24.6 Å². The molecule has 0 atom stereocenters. The predicted octanol–water partition coefficient (Wildman–Crippen LogP) is 4.74. The second-order valence-corrected chi connectivity index (χ2v) is 3.94. The van der Waals surface area contributed by atoms with Crippen LogP contribution in [-0.4, -0.2) is 5.16 Å². The first-order chi connectivity index (χ1) is 7.92. The van der Waals surface area contributed by atoms with Crippen LogP contribution in [0.4, 0.5) is 5.69 Å². The monoisotopic (exact) mass is 227 g/mol. The van der Waals surface area contributed by atoms with Crippen LogP contribution in [0, 0.1) is 0 Å². The van der Waals surface area contributed by atoms with Gasteiger partial charge in [-0.2, -0.15) is 4.99 Å². The SMILES string of the molecule is C1CC1.S=C=Nc1cccc2ccccc12. The number of rotatable bonds is 1. The minimum Gasteiger partial charge on any atom is -0.194 e. The van der Waals surface area contributed by atoms with Gasteiger partial charge >= 0.3 is 0 Å². The lowest BCUT2D eigenvalue weighted by Gasteiger charge is -1.98. The van der Waals surface area contributed by atoms with Crippen molar-refractivity contribution < 1.29 is 0 Å². The molecule has 2 heteroatoms. The van der Waals surface area contributed by atoms with Gasteiger partial charge in [-0.1, -0.05) is 55.7 Å². The van der Waals surface area contributed by atoms with E-state index in [1.54, 1.807) is 0 Å². The van der Waals surface area contributed by atoms with Crippen molar-refractivity contribution >= 4 is 33.8 Å². The van der Waals surface area contributed by atoms with Gasteiger partial charge in [0.15, 0.2) is 0 Å². The van der Waals surface area contributed by atoms with Crippen molar-refractivity contribution in [3.05, 3.63) is 42.5 Å². The molecule has 0 spiro atoms. The maximum atomic E-state index is 4.58. The molecule has 0 aliphatic heterocycles. The van der Waals surface area contributed by atoms with Gasteiger partial charge in [-0.3, -0.25) is 0 Å². The zero-order valence-electron chi connectivity index (χ0n) is 9.02. The summed E-state index contributed by atoms with van der Waals surface area (Å²) in [5.74, 6) is 0. The lowest BCUT2D eigenvalue weighted by Crippen LogP contribution is -1.71. The number of hydrogen-bond acceptors (Lipinski definition) is 2. The lowest BCUT2D eigenvalue weighted by molar-refractivity contribution is 1.50. The normalized spacial score (nSPS) is 12.2. The average Bonchev–Trinajstić information content (AvgIpc) is 3.18. The number of isothiocyanates is 1. The predicted molar refractivity (Wildman–Crippen MR) is 72.5 cm³/mol. The van der Waals surface area contributed by atoms with Crippen LogP contribution < -0.4 is 0 Å². The van der Waals surface area contributed by atoms with Gasteiger partial charge in [0.2, 0.25) is 0 Å². The van der Waals surface area contributed by atoms with Gasteiger partial charge in [-0.05, 0) is 23.7 Å². The molecule has 1 saturated carbocycles. The molecule has 16 heavy (non-hydrogen) atoms. The van der Waals surface area contributed by atoms with Crippen molar-refractivity contribution in [2.24, 2.45) is 4.99 Å². The molecule has 3 rings (SSSR count). The maximum absolute atomic E-state index is 4.58. The smallest absolute Gasteiger partial charge is 0.0817 e. The van der Waals surface area contributed by atoms with Crippen molar-refractivity contribution in [1.82, 2.24) is 0 Å². The number of aliphatic imine (C=N–C) groups is 1. The molecular weight excluding hydrogens is 214 g/mol. The largest absolute Gasteiger partial charge is 0.194 e. The molecule has 0 bridgehead atoms. The maximum Gasteiger partial charge on any atom is 0.0817 e. The van der Waals surface area contributed by atoms with Gasteiger partial charge < -0.3 is 0 Å². The summed E-state index contributed by atoms with van der Waals surface area (Å²) in [5.41, 5.74) is 0.883. The molecular formula is C14H13NS. The molecule has 80 valence electrons. The molecule has 0 radical (unpaired) electrons. The Morgan fingerprint density at radius 1 is 0.938 bits per heavy atom. The first kappa shape index (κ1) is 11.0. The Morgan fingerprint density at radius 2 is 1.62 bits per heavy atom. The van der Waals surface area contributed by atoms with E-state index in [2.05, 4.69) is 34.5 Å². The fourth-order valence-corrected chi connectivity index (χ4v) is 1.45. The average molecular weight is 227 g/mol. The van der Waals surface area contributed by atoms with Gasteiger partial charge in [0, 0.05) is 5.39 Å². The summed E-state index contributed by atoms with van der Waals surface area (Å²) >= 11 is 4.58. The Morgan fingerprint density at radius 3 is 2.31 bits per heavy atom. The van der Waals surface area contributed by atoms with E-state index in [-0.39, 0.29) is 0 Å². The van der Waals surface area contributed by atoms with Crippen LogP contribution in [0.15, 0.2) is 47.5 Å². The molecule has 0 amide bonds. The molecule has 1 aliphatic carbocycles. The number of hydrogen-bond donors (Lipinski definition) is 0. The lowest BCUT2D eigenvalue weighted by atomic mass is 10.1. The number of thiocarbonyl (C=S) groups is 1. The summed E-state index contributed by atoms with van der Waals surface area (Å²) in [4.78, 5) is 4.00. The fraction of sp³-hybridized carbons (Fsp3) is 0.214. The molecule has 0 aromatic heterocycles. The van der Waals surface area contributed by atoms with Crippen LogP contribution >= 0.6 is 12.2 Å². The topological polar surface area (TPSA) is 12.4 Å². The summed E-state index contributed by atoms with van der Waals surface area (Å²) in [6.45, 7) is 0. The fourth-order valence-electron chi connectivity index (χ4n) is 1.35. The van der Waals surface area contributed by atoms with Gasteiger partial charge in [0.05, 0.1) is 10.8 Å². The molecule has 0 heterocycles. The van der Waals surface area contributed by atoms with Gasteiger partial charge in [-0.15, -0.1) is 0 Å². The molecule has 0 saturated heterocycles. The third kappa shape index (κ3) is 2.99. The van der Waals surface area contributed by atoms with E-state index in [0.717, 1.165) is 11.1 Å². The number of fused-ring (bicyclic) bond motifs is 1. The number of benzene rings is 2. The molecule has 2 aromatic rings. The van der Waals surface area contributed by atoms with Crippen molar-refractivity contribution in [3.63, 3.8) is 0 Å². The van der Waals surface area contributed by atoms with E-state index in [9.17, 15) is 0 Å². The second kappa shape index (κ2) is 5.55. The van der Waals surface area contributed by atoms with Crippen molar-refractivity contribution in [2.75, 3.05) is 0 Å². The van der Waals surface area contributed by atoms with E-state index < -0.39 is 0 Å². The molecule has 1 fully saturated rings. The third-order valence-electron chi connectivity index (χ3n) is 2.29. The van der Waals surface area contributed by atoms with Crippen molar-refractivity contribution in [2.45, 2.75) is 19.3 Å². The quantitative estimate of drug-likeness (QED) is 0.506. The Kier molecular flexibility index (Phi) is 3.81. The van der Waals surface area contributed by atoms with Gasteiger partial charge in [0.1, 0.15) is 0 Å². The Hall–Kier alpha value is -1.50. The van der Waals surface area contributed by atoms with Crippen LogP contribution in [-0.2, 0) is 0 Å². The van der Waals surface area contributed by atoms with Crippen LogP contribution in [0.2, 0.25) is 0 Å². The van der Waals surface area contributed by atoms with Crippen LogP contribution in [0.1, 0.15) is 19.3 Å². The highest BCUT2D eigenvalue weighted by atomic mass is 32.1. The molecule has 0 N–H and O–H groups in total. The van der Waals surface area contributed by atoms with E-state index in [1.807, 2.05) is 30.3 Å². The zero-order valence-corrected chi connectivity index (χ0v) is 9.83. The minimum atomic E-state index is 0.883. The Bertz CT molecular complexity index is 517. The van der Waals surface area contributed by atoms with Crippen LogP contribution in [0.5, 0.6) is 0 Å². The van der Waals surface area contributed by atoms with Crippen LogP contribution in [0.3, 0.4) is 0 Å². The highest BCUT2D eigenvalue weighted by molar-refractivity contribution is 7.78. The summed E-state index contributed by atoms with van der Waals surface area (Å²) in [6, 6.07) is 14.0. The first-order valence-corrected chi connectivity index (χ1v) is 5.88. The van der Waals surface area contributed by atoms with Crippen LogP contribution in [0.25, 0.3) is 10.8 Å². The third-order valence-corrected chi connectivity index (χ3v) is 2.38. The Labute approximate surface area is 101 Å². The zero-order chi connectivity index (χ0) is 11.2. The summed E-state index contributed by atoms with van der Waals surface area (Å²) < 4.78 is 0. The van der Waals surface area contributed by atoms with E-state index >= 15 is 0 Å². The Balaban J connectivity index is 0.000000278. The second-order valence-electron chi connectivity index (χ2n) is 3.76. The van der Waals surface area contributed by atoms with Gasteiger partial charge in [-0.25, -0.2) is 0 Å². The van der Waals surface area contributed by atoms with Crippen molar-refractivity contribution in [3.8, 4) is 0 Å². The molecule has 0 unspecified atom stereocenters. The summed E-state index contributed by atoms with van der Waals surface area (Å²) in [5, 5.41) is 4.67. The molecule has 1 aliphatic rings. The molecule has 2 aromatic carbocycles. The molecule has 1 nitrogen and oxygen atoms in total. The standard InChI is InChI=1S/C11H7NS.C3H6/c13-8-12-11-7-3-5-9-4-1-2-6-10(9)11;1-2-3-1/h1-7H;1-3H2.